The van der Waals surface area contributed by atoms with Crippen LogP contribution < -0.4 is 0 Å². The van der Waals surface area contributed by atoms with Crippen LogP contribution in [0.2, 0.25) is 23.2 Å². The molecule has 12 unspecified atom stereocenters. The molecule has 0 N–H and O–H groups in total. The predicted molar refractivity (Wildman–Crippen MR) is 248 cm³/mol. The summed E-state index contributed by atoms with van der Waals surface area (Å²) in [6.07, 6.45) is 13.3. The summed E-state index contributed by atoms with van der Waals surface area (Å²) in [6.45, 7) is 40.3. The van der Waals surface area contributed by atoms with E-state index in [-0.39, 0.29) is 21.7 Å². The van der Waals surface area contributed by atoms with Crippen molar-refractivity contribution in [2.45, 2.75) is 225 Å². The quantitative estimate of drug-likeness (QED) is 0.256. The summed E-state index contributed by atoms with van der Waals surface area (Å²) < 4.78 is 0. The van der Waals surface area contributed by atoms with Gasteiger partial charge in [0.05, 0.1) is 8.07 Å². The third-order valence-corrected chi connectivity index (χ3v) is 25.4. The van der Waals surface area contributed by atoms with E-state index in [1.807, 2.05) is 0 Å². The Balaban J connectivity index is 1.27. The summed E-state index contributed by atoms with van der Waals surface area (Å²) in [4.78, 5) is 0. The van der Waals surface area contributed by atoms with Crippen molar-refractivity contribution in [2.24, 2.45) is 47.3 Å². The summed E-state index contributed by atoms with van der Waals surface area (Å²) in [7, 11) is -1.69. The highest BCUT2D eigenvalue weighted by Gasteiger charge is 2.63. The van der Waals surface area contributed by atoms with Crippen molar-refractivity contribution in [3.63, 3.8) is 0 Å². The Morgan fingerprint density at radius 2 is 0.893 bits per heavy atom. The number of rotatable bonds is 6. The van der Waals surface area contributed by atoms with E-state index < -0.39 is 8.07 Å². The zero-order valence-corrected chi connectivity index (χ0v) is 40.7. The lowest BCUT2D eigenvalue weighted by Crippen LogP contribution is -2.51. The van der Waals surface area contributed by atoms with E-state index in [9.17, 15) is 0 Å². The van der Waals surface area contributed by atoms with Crippen LogP contribution >= 0.6 is 0 Å². The standard InChI is InChI=1S/C55H88Si/c1-17-56(18-2,50-34(3)25-46-43(22-20-24-45(46)50)37-27-39(52(5,6)7)32-40(28-37)53(8,9)10)51-35(4)26-47-48(51)31-36-21-19-23-44(36)49(47)38-29-41(54(11,12)13)33-42(30-38)55(14,15)16/h27-30,32-36,43-51H,17-26,31H2,1-16H3. The largest absolute Gasteiger partial charge is 0.0678 e. The zero-order valence-electron chi connectivity index (χ0n) is 39.7. The first kappa shape index (κ1) is 42.8. The fourth-order valence-corrected chi connectivity index (χ4v) is 23.4. The van der Waals surface area contributed by atoms with E-state index in [2.05, 4.69) is 147 Å². The smallest absolute Gasteiger partial charge is 0.0603 e. The van der Waals surface area contributed by atoms with E-state index in [0.717, 1.165) is 70.3 Å². The first-order valence-corrected chi connectivity index (χ1v) is 26.9. The first-order chi connectivity index (χ1) is 26.0. The van der Waals surface area contributed by atoms with E-state index >= 15 is 0 Å². The van der Waals surface area contributed by atoms with Crippen LogP contribution in [-0.2, 0) is 21.7 Å². The summed E-state index contributed by atoms with van der Waals surface area (Å²) >= 11 is 0. The minimum absolute atomic E-state index is 0.173. The van der Waals surface area contributed by atoms with Crippen LogP contribution in [0.25, 0.3) is 0 Å². The maximum absolute atomic E-state index is 2.79. The molecule has 2 aromatic rings. The van der Waals surface area contributed by atoms with Crippen LogP contribution in [0.5, 0.6) is 0 Å². The SMILES string of the molecule is CC[Si](CC)(C1C(C)CC2C(c3cc(C(C)(C)C)cc(C(C)(C)C)c3)CCCC21)C1C(C)CC2C1CC1CCCC1C2c1cc(C(C)(C)C)cc(C(C)(C)C)c1. The number of hydrogen-bond donors (Lipinski definition) is 0. The molecule has 5 aliphatic rings. The molecule has 5 aliphatic carbocycles. The first-order valence-electron chi connectivity index (χ1n) is 24.3. The van der Waals surface area contributed by atoms with Gasteiger partial charge >= 0.3 is 0 Å². The topological polar surface area (TPSA) is 0 Å². The number of hydrogen-bond acceptors (Lipinski definition) is 0. The van der Waals surface area contributed by atoms with E-state index in [1.54, 1.807) is 39.8 Å². The molecule has 0 nitrogen and oxygen atoms in total. The average Bonchev–Trinajstić information content (AvgIpc) is 3.81. The molecule has 0 aromatic heterocycles. The van der Waals surface area contributed by atoms with Gasteiger partial charge < -0.3 is 0 Å². The summed E-state index contributed by atoms with van der Waals surface area (Å²) in [5.74, 6) is 8.76. The van der Waals surface area contributed by atoms with E-state index in [1.165, 1.54) is 63.5 Å². The fourth-order valence-electron chi connectivity index (χ4n) is 15.5. The lowest BCUT2D eigenvalue weighted by Gasteiger charge is -2.53. The molecule has 2 aromatic carbocycles. The second-order valence-electron chi connectivity index (χ2n) is 25.4. The van der Waals surface area contributed by atoms with Crippen molar-refractivity contribution in [1.82, 2.24) is 0 Å². The van der Waals surface area contributed by atoms with Crippen LogP contribution in [0, 0.1) is 47.3 Å². The van der Waals surface area contributed by atoms with Crippen LogP contribution in [-0.4, -0.2) is 8.07 Å². The normalized spacial score (nSPS) is 35.4. The average molecular weight is 777 g/mol. The molecule has 1 heteroatoms. The van der Waals surface area contributed by atoms with Gasteiger partial charge in [-0.2, -0.15) is 0 Å². The molecule has 312 valence electrons. The predicted octanol–water partition coefficient (Wildman–Crippen LogP) is 16.5. The van der Waals surface area contributed by atoms with E-state index in [0.29, 0.717) is 0 Å². The second-order valence-corrected chi connectivity index (χ2v) is 30.6. The van der Waals surface area contributed by atoms with Gasteiger partial charge in [-0.1, -0.05) is 185 Å². The zero-order chi connectivity index (χ0) is 40.9. The van der Waals surface area contributed by atoms with Crippen LogP contribution in [0.1, 0.15) is 214 Å². The Morgan fingerprint density at radius 1 is 0.464 bits per heavy atom. The Kier molecular flexibility index (Phi) is 11.4. The maximum atomic E-state index is 2.79. The van der Waals surface area contributed by atoms with Crippen molar-refractivity contribution < 1.29 is 0 Å². The van der Waals surface area contributed by atoms with Gasteiger partial charge in [0.25, 0.3) is 0 Å². The lowest BCUT2D eigenvalue weighted by atomic mass is 9.61. The monoisotopic (exact) mass is 777 g/mol. The molecule has 7 rings (SSSR count). The third-order valence-electron chi connectivity index (χ3n) is 18.2. The van der Waals surface area contributed by atoms with Gasteiger partial charge in [0, 0.05) is 0 Å². The summed E-state index contributed by atoms with van der Waals surface area (Å²) in [5.41, 5.74) is 12.4. The van der Waals surface area contributed by atoms with Gasteiger partial charge in [0.1, 0.15) is 0 Å². The van der Waals surface area contributed by atoms with Gasteiger partial charge in [0.15, 0.2) is 0 Å². The Morgan fingerprint density at radius 3 is 1.38 bits per heavy atom. The second kappa shape index (κ2) is 15.0. The molecule has 5 saturated carbocycles. The van der Waals surface area contributed by atoms with E-state index in [4.69, 9.17) is 0 Å². The highest BCUT2D eigenvalue weighted by Crippen LogP contribution is 2.71. The Labute approximate surface area is 349 Å². The van der Waals surface area contributed by atoms with Crippen molar-refractivity contribution in [3.8, 4) is 0 Å². The lowest BCUT2D eigenvalue weighted by molar-refractivity contribution is 0.120. The van der Waals surface area contributed by atoms with Crippen LogP contribution in [0.15, 0.2) is 36.4 Å². The Bertz CT molecular complexity index is 1630. The third kappa shape index (κ3) is 7.52. The molecular weight excluding hydrogens is 689 g/mol. The molecule has 12 atom stereocenters. The van der Waals surface area contributed by atoms with Gasteiger partial charge in [0.2, 0.25) is 0 Å². The van der Waals surface area contributed by atoms with Gasteiger partial charge in [-0.25, -0.2) is 0 Å². The van der Waals surface area contributed by atoms with Crippen LogP contribution in [0.3, 0.4) is 0 Å². The molecule has 0 aliphatic heterocycles. The summed E-state index contributed by atoms with van der Waals surface area (Å²) in [5, 5.41) is 0. The van der Waals surface area contributed by atoms with Gasteiger partial charge in [-0.05, 0) is 157 Å². The van der Waals surface area contributed by atoms with Crippen LogP contribution in [0.4, 0.5) is 0 Å². The molecule has 56 heavy (non-hydrogen) atoms. The molecule has 0 spiro atoms. The Hall–Kier alpha value is -1.34. The maximum Gasteiger partial charge on any atom is 0.0603 e. The summed E-state index contributed by atoms with van der Waals surface area (Å²) in [6, 6.07) is 19.0. The highest BCUT2D eigenvalue weighted by atomic mass is 28.3. The fraction of sp³-hybridized carbons (Fsp3) is 0.782. The molecule has 0 bridgehead atoms. The van der Waals surface area contributed by atoms with Crippen molar-refractivity contribution in [3.05, 3.63) is 69.8 Å². The highest BCUT2D eigenvalue weighted by molar-refractivity contribution is 6.82. The van der Waals surface area contributed by atoms with Gasteiger partial charge in [-0.3, -0.25) is 0 Å². The van der Waals surface area contributed by atoms with Crippen molar-refractivity contribution in [1.29, 1.82) is 0 Å². The minimum atomic E-state index is -1.69. The molecular formula is C55H88Si. The number of fused-ring (bicyclic) bond motifs is 3. The van der Waals surface area contributed by atoms with Crippen molar-refractivity contribution in [2.75, 3.05) is 0 Å². The molecule has 0 radical (unpaired) electrons. The van der Waals surface area contributed by atoms with Crippen molar-refractivity contribution >= 4 is 8.07 Å². The molecule has 0 amide bonds. The molecule has 0 saturated heterocycles. The number of benzene rings is 2. The molecule has 5 fully saturated rings. The van der Waals surface area contributed by atoms with Gasteiger partial charge in [-0.15, -0.1) is 0 Å². The minimum Gasteiger partial charge on any atom is -0.0678 e. The molecule has 0 heterocycles.